The molecule has 1 saturated heterocycles. The summed E-state index contributed by atoms with van der Waals surface area (Å²) in [5.74, 6) is 1.23. The lowest BCUT2D eigenvalue weighted by atomic mass is 10.1. The second-order valence-corrected chi connectivity index (χ2v) is 9.54. The molecule has 2 amide bonds. The quantitative estimate of drug-likeness (QED) is 0.608. The molecule has 182 valence electrons. The zero-order chi connectivity index (χ0) is 24.7. The first-order valence-corrected chi connectivity index (χ1v) is 12.2. The predicted molar refractivity (Wildman–Crippen MR) is 135 cm³/mol. The number of rotatable bonds is 5. The zero-order valence-corrected chi connectivity index (χ0v) is 20.7. The van der Waals surface area contributed by atoms with Crippen molar-refractivity contribution in [2.24, 2.45) is 0 Å². The second kappa shape index (κ2) is 9.13. The Morgan fingerprint density at radius 3 is 2.54 bits per heavy atom. The van der Waals surface area contributed by atoms with Gasteiger partial charge in [-0.1, -0.05) is 12.1 Å². The fourth-order valence-electron chi connectivity index (χ4n) is 4.73. The monoisotopic (exact) mass is 473 g/mol. The van der Waals surface area contributed by atoms with E-state index in [0.29, 0.717) is 50.2 Å². The molecule has 2 aliphatic heterocycles. The highest BCUT2D eigenvalue weighted by molar-refractivity contribution is 5.98. The summed E-state index contributed by atoms with van der Waals surface area (Å²) in [6.07, 6.45) is 1.79. The van der Waals surface area contributed by atoms with Crippen molar-refractivity contribution < 1.29 is 9.59 Å². The van der Waals surface area contributed by atoms with Crippen LogP contribution in [-0.2, 0) is 11.3 Å². The van der Waals surface area contributed by atoms with Gasteiger partial charge < -0.3 is 20.0 Å². The molecule has 3 aromatic rings. The fraction of sp³-hybridized carbons (Fsp3) is 0.423. The number of hydrogen-bond donors (Lipinski definition) is 1. The van der Waals surface area contributed by atoms with E-state index in [0.717, 1.165) is 22.0 Å². The van der Waals surface area contributed by atoms with E-state index in [1.54, 1.807) is 13.1 Å². The van der Waals surface area contributed by atoms with E-state index < -0.39 is 0 Å². The van der Waals surface area contributed by atoms with Crippen LogP contribution < -0.4 is 10.2 Å². The Hall–Kier alpha value is -3.75. The van der Waals surface area contributed by atoms with E-state index in [1.807, 2.05) is 35.8 Å². The van der Waals surface area contributed by atoms with Crippen molar-refractivity contribution >= 4 is 34.5 Å². The van der Waals surface area contributed by atoms with Crippen molar-refractivity contribution in [1.82, 2.24) is 24.8 Å². The van der Waals surface area contributed by atoms with Crippen LogP contribution in [0.25, 0.3) is 10.9 Å². The molecule has 0 saturated carbocycles. The number of carbonyl (C=O) groups is 2. The highest BCUT2D eigenvalue weighted by Gasteiger charge is 2.35. The van der Waals surface area contributed by atoms with Crippen molar-refractivity contribution in [3.8, 4) is 0 Å². The molecule has 1 fully saturated rings. The van der Waals surface area contributed by atoms with Crippen molar-refractivity contribution in [3.63, 3.8) is 0 Å². The Kier molecular flexibility index (Phi) is 6.00. The third-order valence-electron chi connectivity index (χ3n) is 6.90. The first kappa shape index (κ1) is 23.0. The van der Waals surface area contributed by atoms with Gasteiger partial charge in [-0.2, -0.15) is 4.98 Å². The van der Waals surface area contributed by atoms with Crippen LogP contribution >= 0.6 is 0 Å². The van der Waals surface area contributed by atoms with E-state index in [4.69, 9.17) is 9.97 Å². The van der Waals surface area contributed by atoms with Gasteiger partial charge in [0.1, 0.15) is 11.5 Å². The normalized spacial score (nSPS) is 16.7. The molecule has 1 N–H and O–H groups in total. The topological polar surface area (TPSA) is 94.6 Å². The fourth-order valence-corrected chi connectivity index (χ4v) is 4.73. The van der Waals surface area contributed by atoms with Gasteiger partial charge >= 0.3 is 0 Å². The molecule has 5 rings (SSSR count). The molecule has 0 radical (unpaired) electrons. The Balaban J connectivity index is 1.47. The predicted octanol–water partition coefficient (Wildman–Crippen LogP) is 3.23. The largest absolute Gasteiger partial charge is 0.363 e. The Labute approximate surface area is 205 Å². The number of carbonyl (C=O) groups excluding carboxylic acids is 2. The van der Waals surface area contributed by atoms with Gasteiger partial charge in [0.15, 0.2) is 0 Å². The van der Waals surface area contributed by atoms with Crippen molar-refractivity contribution in [2.45, 2.75) is 46.3 Å². The molecular weight excluding hydrogens is 442 g/mol. The molecule has 9 heteroatoms. The van der Waals surface area contributed by atoms with Gasteiger partial charge in [0.05, 0.1) is 12.1 Å². The summed E-state index contributed by atoms with van der Waals surface area (Å²) < 4.78 is 0. The van der Waals surface area contributed by atoms with Crippen LogP contribution in [-0.4, -0.2) is 68.8 Å². The van der Waals surface area contributed by atoms with Crippen LogP contribution in [0.5, 0.6) is 0 Å². The average Bonchev–Trinajstić information content (AvgIpc) is 3.20. The lowest BCUT2D eigenvalue weighted by Gasteiger charge is -2.34. The number of aromatic nitrogens is 3. The van der Waals surface area contributed by atoms with Gasteiger partial charge in [-0.15, -0.1) is 0 Å². The molecule has 0 aliphatic carbocycles. The van der Waals surface area contributed by atoms with E-state index >= 15 is 0 Å². The maximum atomic E-state index is 13.2. The summed E-state index contributed by atoms with van der Waals surface area (Å²) in [6.45, 7) is 10.7. The number of piperazine rings is 1. The van der Waals surface area contributed by atoms with Crippen molar-refractivity contribution in [1.29, 1.82) is 0 Å². The molecule has 1 atom stereocenters. The van der Waals surface area contributed by atoms with Gasteiger partial charge in [-0.3, -0.25) is 14.6 Å². The molecule has 35 heavy (non-hydrogen) atoms. The third kappa shape index (κ3) is 4.38. The summed E-state index contributed by atoms with van der Waals surface area (Å²) in [5, 5.41) is 4.65. The number of pyridine rings is 1. The summed E-state index contributed by atoms with van der Waals surface area (Å²) >= 11 is 0. The SMILES string of the molecule is CC(=O)N1CCN(c2nc(N[C@H](C)c3ccc4ncccc4c3)c3c(n2)C(=O)N(C(C)C)C3)CC1. The first-order chi connectivity index (χ1) is 16.8. The molecule has 2 aliphatic rings. The number of anilines is 2. The number of fused-ring (bicyclic) bond motifs is 2. The lowest BCUT2D eigenvalue weighted by molar-refractivity contribution is -0.129. The van der Waals surface area contributed by atoms with Crippen LogP contribution in [0.4, 0.5) is 11.8 Å². The van der Waals surface area contributed by atoms with Crippen LogP contribution in [0.1, 0.15) is 55.4 Å². The molecule has 0 bridgehead atoms. The molecule has 1 aromatic carbocycles. The van der Waals surface area contributed by atoms with E-state index in [9.17, 15) is 9.59 Å². The summed E-state index contributed by atoms with van der Waals surface area (Å²) in [6, 6.07) is 10.3. The minimum Gasteiger partial charge on any atom is -0.363 e. The molecular formula is C26H31N7O2. The Morgan fingerprint density at radius 1 is 1.06 bits per heavy atom. The average molecular weight is 474 g/mol. The van der Waals surface area contributed by atoms with E-state index in [2.05, 4.69) is 40.3 Å². The van der Waals surface area contributed by atoms with Gasteiger partial charge in [-0.25, -0.2) is 4.98 Å². The number of hydrogen-bond acceptors (Lipinski definition) is 7. The van der Waals surface area contributed by atoms with Gasteiger partial charge in [-0.05, 0) is 44.5 Å². The number of nitrogens with zero attached hydrogens (tertiary/aromatic N) is 6. The molecule has 4 heterocycles. The maximum absolute atomic E-state index is 13.2. The smallest absolute Gasteiger partial charge is 0.273 e. The summed E-state index contributed by atoms with van der Waals surface area (Å²) in [4.78, 5) is 44.7. The second-order valence-electron chi connectivity index (χ2n) is 9.54. The number of amides is 2. The van der Waals surface area contributed by atoms with Gasteiger partial charge in [0.2, 0.25) is 11.9 Å². The standard InChI is InChI=1S/C26H31N7O2/c1-16(2)33-15-21-23(25(33)35)29-26(32-12-10-31(11-13-32)18(4)34)30-24(21)28-17(3)19-7-8-22-20(14-19)6-5-9-27-22/h5-9,14,16-17H,10-13,15H2,1-4H3,(H,28,29,30)/t17-/m1/s1. The first-order valence-electron chi connectivity index (χ1n) is 12.2. The van der Waals surface area contributed by atoms with Crippen molar-refractivity contribution in [2.75, 3.05) is 36.4 Å². The number of benzene rings is 1. The molecule has 9 nitrogen and oxygen atoms in total. The van der Waals surface area contributed by atoms with Crippen molar-refractivity contribution in [3.05, 3.63) is 53.3 Å². The van der Waals surface area contributed by atoms with Crippen LogP contribution in [0, 0.1) is 0 Å². The minimum atomic E-state index is -0.0616. The van der Waals surface area contributed by atoms with E-state index in [1.165, 1.54) is 0 Å². The lowest BCUT2D eigenvalue weighted by Crippen LogP contribution is -2.48. The van der Waals surface area contributed by atoms with Gasteiger partial charge in [0.25, 0.3) is 5.91 Å². The number of nitrogens with one attached hydrogen (secondary N) is 1. The summed E-state index contributed by atoms with van der Waals surface area (Å²) in [5.41, 5.74) is 3.37. The highest BCUT2D eigenvalue weighted by atomic mass is 16.2. The zero-order valence-electron chi connectivity index (χ0n) is 20.7. The molecule has 0 unspecified atom stereocenters. The van der Waals surface area contributed by atoms with Crippen LogP contribution in [0.3, 0.4) is 0 Å². The Morgan fingerprint density at radius 2 is 1.83 bits per heavy atom. The highest BCUT2D eigenvalue weighted by Crippen LogP contribution is 2.33. The van der Waals surface area contributed by atoms with E-state index in [-0.39, 0.29) is 23.9 Å². The van der Waals surface area contributed by atoms with Gasteiger partial charge in [0, 0.05) is 62.3 Å². The molecule has 0 spiro atoms. The van der Waals surface area contributed by atoms with Crippen LogP contribution in [0.15, 0.2) is 36.5 Å². The third-order valence-corrected chi connectivity index (χ3v) is 6.90. The molecule has 2 aromatic heterocycles. The summed E-state index contributed by atoms with van der Waals surface area (Å²) in [7, 11) is 0. The Bertz CT molecular complexity index is 1280. The minimum absolute atomic E-state index is 0.0378. The maximum Gasteiger partial charge on any atom is 0.273 e. The van der Waals surface area contributed by atoms with Crippen LogP contribution in [0.2, 0.25) is 0 Å².